The molecule has 4 atom stereocenters. The molecule has 2 aliphatic heterocycles. The van der Waals surface area contributed by atoms with Crippen molar-refractivity contribution in [3.8, 4) is 0 Å². The highest BCUT2D eigenvalue weighted by molar-refractivity contribution is 7.89. The Bertz CT molecular complexity index is 552. The summed E-state index contributed by atoms with van der Waals surface area (Å²) in [6.45, 7) is 3.81. The van der Waals surface area contributed by atoms with E-state index in [1.165, 1.54) is 4.31 Å². The zero-order valence-electron chi connectivity index (χ0n) is 14.1. The SMILES string of the molecule is CC1C[C@H]2CN(S(=O)(=O)C3CCCCC3C(F)(F)F)CCCCN12. The van der Waals surface area contributed by atoms with E-state index in [1.54, 1.807) is 0 Å². The minimum Gasteiger partial charge on any atom is -0.296 e. The number of hydrogen-bond acceptors (Lipinski definition) is 3. The minimum atomic E-state index is -4.43. The number of halogens is 3. The molecule has 0 bridgehead atoms. The summed E-state index contributed by atoms with van der Waals surface area (Å²) in [5.74, 6) is -1.71. The van der Waals surface area contributed by atoms with Crippen molar-refractivity contribution in [3.63, 3.8) is 0 Å². The van der Waals surface area contributed by atoms with Crippen LogP contribution in [0.15, 0.2) is 0 Å². The molecule has 2 saturated heterocycles. The minimum absolute atomic E-state index is 0.0617. The van der Waals surface area contributed by atoms with Crippen molar-refractivity contribution < 1.29 is 21.6 Å². The topological polar surface area (TPSA) is 40.6 Å². The number of hydrogen-bond donors (Lipinski definition) is 0. The summed E-state index contributed by atoms with van der Waals surface area (Å²) in [5, 5.41) is -1.29. The highest BCUT2D eigenvalue weighted by Crippen LogP contribution is 2.42. The lowest BCUT2D eigenvalue weighted by Crippen LogP contribution is -2.61. The maximum Gasteiger partial charge on any atom is 0.393 e. The first-order chi connectivity index (χ1) is 11.2. The Morgan fingerprint density at radius 3 is 2.33 bits per heavy atom. The molecule has 3 rings (SSSR count). The third-order valence-corrected chi connectivity index (χ3v) is 8.38. The van der Waals surface area contributed by atoms with Gasteiger partial charge in [0.15, 0.2) is 0 Å². The van der Waals surface area contributed by atoms with Crippen LogP contribution in [0.5, 0.6) is 0 Å². The molecule has 8 heteroatoms. The Labute approximate surface area is 142 Å². The fourth-order valence-electron chi connectivity index (χ4n) is 4.63. The summed E-state index contributed by atoms with van der Waals surface area (Å²) in [5.41, 5.74) is 0. The average molecular weight is 368 g/mol. The summed E-state index contributed by atoms with van der Waals surface area (Å²) < 4.78 is 67.5. The van der Waals surface area contributed by atoms with Crippen molar-refractivity contribution in [2.45, 2.75) is 75.4 Å². The van der Waals surface area contributed by atoms with Crippen LogP contribution in [0.1, 0.15) is 51.9 Å². The quantitative estimate of drug-likeness (QED) is 0.752. The molecule has 0 aromatic carbocycles. The van der Waals surface area contributed by atoms with Gasteiger partial charge in [0.2, 0.25) is 10.0 Å². The van der Waals surface area contributed by atoms with Gasteiger partial charge in [-0.2, -0.15) is 13.2 Å². The second-order valence-corrected chi connectivity index (χ2v) is 9.71. The number of nitrogens with zero attached hydrogens (tertiary/aromatic N) is 2. The molecule has 0 amide bonds. The molecule has 4 nitrogen and oxygen atoms in total. The lowest BCUT2D eigenvalue weighted by Gasteiger charge is -2.50. The third-order valence-electron chi connectivity index (χ3n) is 6.00. The van der Waals surface area contributed by atoms with Crippen LogP contribution in [-0.2, 0) is 10.0 Å². The molecule has 140 valence electrons. The first-order valence-corrected chi connectivity index (χ1v) is 10.5. The van der Waals surface area contributed by atoms with E-state index in [0.29, 0.717) is 32.0 Å². The fourth-order valence-corrected chi connectivity index (χ4v) is 6.94. The van der Waals surface area contributed by atoms with Crippen LogP contribution < -0.4 is 0 Å². The smallest absolute Gasteiger partial charge is 0.296 e. The Hall–Kier alpha value is -0.340. The summed E-state index contributed by atoms with van der Waals surface area (Å²) in [4.78, 5) is 2.30. The van der Waals surface area contributed by atoms with E-state index < -0.39 is 27.4 Å². The molecular weight excluding hydrogens is 341 g/mol. The molecule has 3 unspecified atom stereocenters. The maximum absolute atomic E-state index is 13.3. The molecule has 0 aromatic rings. The van der Waals surface area contributed by atoms with E-state index in [2.05, 4.69) is 11.8 Å². The Kier molecular flexibility index (Phi) is 5.20. The molecule has 0 aromatic heterocycles. The summed E-state index contributed by atoms with van der Waals surface area (Å²) in [6.07, 6.45) is -0.779. The largest absolute Gasteiger partial charge is 0.393 e. The molecular formula is C16H27F3N2O2S. The van der Waals surface area contributed by atoms with Gasteiger partial charge in [0.1, 0.15) is 0 Å². The highest BCUT2D eigenvalue weighted by atomic mass is 32.2. The van der Waals surface area contributed by atoms with Crippen molar-refractivity contribution in [1.82, 2.24) is 9.21 Å². The lowest BCUT2D eigenvalue weighted by atomic mass is 9.88. The molecule has 3 fully saturated rings. The van der Waals surface area contributed by atoms with Gasteiger partial charge in [-0.15, -0.1) is 0 Å². The highest BCUT2D eigenvalue weighted by Gasteiger charge is 2.52. The Balaban J connectivity index is 1.79. The van der Waals surface area contributed by atoms with Gasteiger partial charge in [-0.05, 0) is 45.6 Å². The van der Waals surface area contributed by atoms with Crippen LogP contribution >= 0.6 is 0 Å². The molecule has 0 N–H and O–H groups in total. The van der Waals surface area contributed by atoms with Crippen LogP contribution in [0.2, 0.25) is 0 Å². The van der Waals surface area contributed by atoms with Gasteiger partial charge in [-0.25, -0.2) is 12.7 Å². The zero-order valence-corrected chi connectivity index (χ0v) is 15.0. The van der Waals surface area contributed by atoms with Gasteiger partial charge in [-0.1, -0.05) is 12.8 Å². The normalized spacial score (nSPS) is 37.2. The number of sulfonamides is 1. The number of fused-ring (bicyclic) bond motifs is 1. The van der Waals surface area contributed by atoms with E-state index >= 15 is 0 Å². The Morgan fingerprint density at radius 1 is 1.00 bits per heavy atom. The van der Waals surface area contributed by atoms with Crippen LogP contribution in [0.3, 0.4) is 0 Å². The van der Waals surface area contributed by atoms with Crippen molar-refractivity contribution in [3.05, 3.63) is 0 Å². The summed E-state index contributed by atoms with van der Waals surface area (Å²) in [7, 11) is -3.91. The molecule has 3 aliphatic rings. The van der Waals surface area contributed by atoms with Gasteiger partial charge in [0, 0.05) is 25.2 Å². The van der Waals surface area contributed by atoms with E-state index in [4.69, 9.17) is 0 Å². The van der Waals surface area contributed by atoms with Crippen molar-refractivity contribution in [2.24, 2.45) is 5.92 Å². The first kappa shape index (κ1) is 18.5. The van der Waals surface area contributed by atoms with Crippen molar-refractivity contribution >= 4 is 10.0 Å². The molecule has 1 aliphatic carbocycles. The van der Waals surface area contributed by atoms with Gasteiger partial charge < -0.3 is 0 Å². The van der Waals surface area contributed by atoms with Gasteiger partial charge in [0.05, 0.1) is 11.2 Å². The predicted octanol–water partition coefficient (Wildman–Crippen LogP) is 3.00. The molecule has 2 heterocycles. The molecule has 0 spiro atoms. The van der Waals surface area contributed by atoms with Crippen LogP contribution in [-0.4, -0.2) is 60.8 Å². The fraction of sp³-hybridized carbons (Fsp3) is 1.00. The van der Waals surface area contributed by atoms with Crippen LogP contribution in [0, 0.1) is 5.92 Å². The summed E-state index contributed by atoms with van der Waals surface area (Å²) in [6, 6.07) is 0.623. The second kappa shape index (κ2) is 6.76. The molecule has 24 heavy (non-hydrogen) atoms. The third kappa shape index (κ3) is 3.46. The van der Waals surface area contributed by atoms with E-state index in [0.717, 1.165) is 25.8 Å². The van der Waals surface area contributed by atoms with Gasteiger partial charge in [0.25, 0.3) is 0 Å². The average Bonchev–Trinajstić information content (AvgIpc) is 2.49. The standard InChI is InChI=1S/C16H27F3N2O2S/c1-12-10-13-11-20(8-4-5-9-21(12)13)24(22,23)15-7-3-2-6-14(15)16(17,18)19/h12-15H,2-11H2,1H3/t12?,13-,14?,15?/m0/s1. The maximum atomic E-state index is 13.3. The lowest BCUT2D eigenvalue weighted by molar-refractivity contribution is -0.180. The van der Waals surface area contributed by atoms with Crippen LogP contribution in [0.25, 0.3) is 0 Å². The molecule has 1 saturated carbocycles. The number of alkyl halides is 3. The summed E-state index contributed by atoms with van der Waals surface area (Å²) >= 11 is 0. The van der Waals surface area contributed by atoms with Crippen molar-refractivity contribution in [1.29, 1.82) is 0 Å². The number of rotatable bonds is 2. The monoisotopic (exact) mass is 368 g/mol. The predicted molar refractivity (Wildman–Crippen MR) is 86.1 cm³/mol. The Morgan fingerprint density at radius 2 is 1.67 bits per heavy atom. The zero-order chi connectivity index (χ0) is 17.5. The van der Waals surface area contributed by atoms with E-state index in [9.17, 15) is 21.6 Å². The van der Waals surface area contributed by atoms with Gasteiger partial charge in [-0.3, -0.25) is 4.90 Å². The first-order valence-electron chi connectivity index (χ1n) is 9.02. The van der Waals surface area contributed by atoms with Crippen LogP contribution in [0.4, 0.5) is 13.2 Å². The second-order valence-electron chi connectivity index (χ2n) is 7.56. The van der Waals surface area contributed by atoms with E-state index in [1.807, 2.05) is 0 Å². The van der Waals surface area contributed by atoms with E-state index in [-0.39, 0.29) is 18.9 Å². The van der Waals surface area contributed by atoms with Crippen molar-refractivity contribution in [2.75, 3.05) is 19.6 Å². The molecule has 0 radical (unpaired) electrons. The van der Waals surface area contributed by atoms with Gasteiger partial charge >= 0.3 is 6.18 Å².